The second-order valence-corrected chi connectivity index (χ2v) is 8.37. The van der Waals surface area contributed by atoms with Crippen molar-refractivity contribution in [3.8, 4) is 5.75 Å². The number of aliphatic hydroxyl groups excluding tert-OH is 1. The Bertz CT molecular complexity index is 1170. The minimum atomic E-state index is -1.13. The molecular weight excluding hydrogens is 394 g/mol. The molecule has 2 atom stereocenters. The van der Waals surface area contributed by atoms with E-state index in [4.69, 9.17) is 4.74 Å². The number of nitrogens with one attached hydrogen (secondary N) is 1. The third-order valence-electron chi connectivity index (χ3n) is 6.63. The smallest absolute Gasteiger partial charge is 0.255 e. The number of aromatic nitrogens is 1. The zero-order valence-electron chi connectivity index (χ0n) is 17.6. The van der Waals surface area contributed by atoms with Crippen LogP contribution in [0.2, 0.25) is 0 Å². The average molecular weight is 419 g/mol. The molecule has 1 saturated heterocycles. The largest absolute Gasteiger partial charge is 0.497 e. The van der Waals surface area contributed by atoms with Gasteiger partial charge in [-0.05, 0) is 42.7 Å². The van der Waals surface area contributed by atoms with Gasteiger partial charge in [0.05, 0.1) is 32.0 Å². The summed E-state index contributed by atoms with van der Waals surface area (Å²) in [5, 5.41) is 11.7. The Morgan fingerprint density at radius 1 is 1.19 bits per heavy atom. The number of piperazine rings is 1. The molecule has 0 bridgehead atoms. The number of carbonyl (C=O) groups excluding carboxylic acids is 2. The summed E-state index contributed by atoms with van der Waals surface area (Å²) < 4.78 is 5.37. The number of ether oxygens (including phenoxy) is 1. The molecule has 0 aliphatic carbocycles. The van der Waals surface area contributed by atoms with E-state index >= 15 is 0 Å². The molecule has 2 N–H and O–H groups in total. The van der Waals surface area contributed by atoms with Crippen molar-refractivity contribution in [1.29, 1.82) is 0 Å². The van der Waals surface area contributed by atoms with Gasteiger partial charge >= 0.3 is 0 Å². The minimum Gasteiger partial charge on any atom is -0.497 e. The van der Waals surface area contributed by atoms with Crippen molar-refractivity contribution < 1.29 is 19.4 Å². The number of amides is 2. The molecule has 31 heavy (non-hydrogen) atoms. The Labute approximate surface area is 180 Å². The highest BCUT2D eigenvalue weighted by Gasteiger charge is 2.54. The van der Waals surface area contributed by atoms with Crippen LogP contribution in [0.4, 0.5) is 0 Å². The summed E-state index contributed by atoms with van der Waals surface area (Å²) >= 11 is 0. The fraction of sp³-hybridized carbons (Fsp3) is 0.333. The standard InChI is InChI=1S/C24H25N3O4/c1-24-22-17(18-12-16(31-2)8-9-19(18)25-22)10-11-27(24)21(29)14-26(23(24)30)13-20(28)15-6-4-3-5-7-15/h3-9,12,20,25,28H,10-11,13-14H2,1-2H3/t20?,24-/m0/s1. The molecule has 5 rings (SSSR count). The third-order valence-corrected chi connectivity index (χ3v) is 6.63. The van der Waals surface area contributed by atoms with E-state index in [-0.39, 0.29) is 24.9 Å². The maximum atomic E-state index is 13.7. The number of fused-ring (bicyclic) bond motifs is 5. The van der Waals surface area contributed by atoms with E-state index in [0.717, 1.165) is 33.5 Å². The maximum Gasteiger partial charge on any atom is 0.255 e. The lowest BCUT2D eigenvalue weighted by atomic mass is 9.83. The summed E-state index contributed by atoms with van der Waals surface area (Å²) in [7, 11) is 1.63. The van der Waals surface area contributed by atoms with E-state index in [0.29, 0.717) is 13.0 Å². The molecule has 2 aromatic carbocycles. The number of hydrogen-bond acceptors (Lipinski definition) is 4. The number of aromatic amines is 1. The summed E-state index contributed by atoms with van der Waals surface area (Å²) in [5.74, 6) is 0.464. The molecule has 3 aromatic rings. The van der Waals surface area contributed by atoms with Crippen molar-refractivity contribution in [3.05, 3.63) is 65.4 Å². The van der Waals surface area contributed by atoms with Gasteiger partial charge in [-0.25, -0.2) is 0 Å². The molecule has 0 radical (unpaired) electrons. The summed E-state index contributed by atoms with van der Waals surface area (Å²) in [6.45, 7) is 2.33. The van der Waals surface area contributed by atoms with Crippen LogP contribution in [0.5, 0.6) is 5.75 Å². The van der Waals surface area contributed by atoms with Crippen molar-refractivity contribution in [1.82, 2.24) is 14.8 Å². The number of nitrogens with zero attached hydrogens (tertiary/aromatic N) is 2. The number of methoxy groups -OCH3 is 1. The predicted octanol–water partition coefficient (Wildman–Crippen LogP) is 2.35. The molecule has 2 aliphatic rings. The summed E-state index contributed by atoms with van der Waals surface area (Å²) in [5.41, 5.74) is 2.29. The van der Waals surface area contributed by atoms with Crippen molar-refractivity contribution in [2.24, 2.45) is 0 Å². The fourth-order valence-electron chi connectivity index (χ4n) is 4.97. The molecule has 2 amide bonds. The van der Waals surface area contributed by atoms with Crippen LogP contribution in [-0.4, -0.2) is 58.4 Å². The van der Waals surface area contributed by atoms with Crippen LogP contribution < -0.4 is 4.74 Å². The van der Waals surface area contributed by atoms with Crippen LogP contribution in [-0.2, 0) is 21.5 Å². The molecule has 0 saturated carbocycles. The molecule has 7 heteroatoms. The number of carbonyl (C=O) groups is 2. The predicted molar refractivity (Wildman–Crippen MR) is 116 cm³/mol. The summed E-state index contributed by atoms with van der Waals surface area (Å²) in [6, 6.07) is 15.0. The van der Waals surface area contributed by atoms with Gasteiger partial charge in [-0.2, -0.15) is 0 Å². The van der Waals surface area contributed by atoms with Crippen LogP contribution in [0.3, 0.4) is 0 Å². The van der Waals surface area contributed by atoms with Gasteiger partial charge in [0, 0.05) is 17.4 Å². The van der Waals surface area contributed by atoms with Gasteiger partial charge in [0.1, 0.15) is 5.75 Å². The first-order chi connectivity index (χ1) is 14.9. The SMILES string of the molecule is COc1ccc2[nH]c3c(c2c1)CCN1C(=O)CN(CC(O)c2ccccc2)C(=O)[C@]31C. The average Bonchev–Trinajstić information content (AvgIpc) is 3.17. The molecule has 1 aromatic heterocycles. The highest BCUT2D eigenvalue weighted by Crippen LogP contribution is 2.42. The lowest BCUT2D eigenvalue weighted by Gasteiger charge is -2.49. The molecule has 2 aliphatic heterocycles. The van der Waals surface area contributed by atoms with Crippen LogP contribution >= 0.6 is 0 Å². The Morgan fingerprint density at radius 2 is 1.97 bits per heavy atom. The molecular formula is C24H25N3O4. The lowest BCUT2D eigenvalue weighted by molar-refractivity contribution is -0.167. The van der Waals surface area contributed by atoms with Crippen LogP contribution in [0, 0.1) is 0 Å². The van der Waals surface area contributed by atoms with Gasteiger partial charge in [0.2, 0.25) is 5.91 Å². The topological polar surface area (TPSA) is 85.9 Å². The van der Waals surface area contributed by atoms with Gasteiger partial charge in [-0.3, -0.25) is 9.59 Å². The molecule has 160 valence electrons. The van der Waals surface area contributed by atoms with E-state index in [1.165, 1.54) is 4.90 Å². The third kappa shape index (κ3) is 2.91. The number of aliphatic hydroxyl groups is 1. The summed E-state index contributed by atoms with van der Waals surface area (Å²) in [4.78, 5) is 33.3. The van der Waals surface area contributed by atoms with Crippen molar-refractivity contribution >= 4 is 22.7 Å². The van der Waals surface area contributed by atoms with Crippen molar-refractivity contribution in [2.75, 3.05) is 26.7 Å². The quantitative estimate of drug-likeness (QED) is 0.680. The van der Waals surface area contributed by atoms with Crippen molar-refractivity contribution in [3.63, 3.8) is 0 Å². The molecule has 3 heterocycles. The van der Waals surface area contributed by atoms with Crippen LogP contribution in [0.1, 0.15) is 29.8 Å². The zero-order chi connectivity index (χ0) is 21.8. The minimum absolute atomic E-state index is 0.0261. The van der Waals surface area contributed by atoms with Gasteiger partial charge in [-0.15, -0.1) is 0 Å². The molecule has 1 unspecified atom stereocenters. The van der Waals surface area contributed by atoms with Crippen molar-refractivity contribution in [2.45, 2.75) is 25.0 Å². The molecule has 0 spiro atoms. The second kappa shape index (κ2) is 7.13. The van der Waals surface area contributed by atoms with Gasteiger partial charge < -0.3 is 24.6 Å². The van der Waals surface area contributed by atoms with Gasteiger partial charge in [0.15, 0.2) is 5.54 Å². The number of hydrogen-bond donors (Lipinski definition) is 2. The first-order valence-corrected chi connectivity index (χ1v) is 10.5. The Hall–Kier alpha value is -3.32. The Morgan fingerprint density at radius 3 is 2.71 bits per heavy atom. The number of rotatable bonds is 4. The van der Waals surface area contributed by atoms with E-state index in [1.807, 2.05) is 48.5 Å². The summed E-state index contributed by atoms with van der Waals surface area (Å²) in [6.07, 6.45) is -0.188. The lowest BCUT2D eigenvalue weighted by Crippen LogP contribution is -2.67. The van der Waals surface area contributed by atoms with E-state index in [2.05, 4.69) is 4.98 Å². The maximum absolute atomic E-state index is 13.7. The second-order valence-electron chi connectivity index (χ2n) is 8.37. The Kier molecular flexibility index (Phi) is 4.51. The monoisotopic (exact) mass is 419 g/mol. The normalized spacial score (nSPS) is 21.8. The van der Waals surface area contributed by atoms with E-state index in [1.54, 1.807) is 18.9 Å². The highest BCUT2D eigenvalue weighted by molar-refractivity contribution is 6.00. The fourth-order valence-corrected chi connectivity index (χ4v) is 4.97. The number of H-pyrrole nitrogens is 1. The van der Waals surface area contributed by atoms with E-state index < -0.39 is 11.6 Å². The zero-order valence-corrected chi connectivity index (χ0v) is 17.6. The van der Waals surface area contributed by atoms with Gasteiger partial charge in [-0.1, -0.05) is 30.3 Å². The van der Waals surface area contributed by atoms with Crippen LogP contribution in [0.25, 0.3) is 10.9 Å². The number of β-amino-alcohol motifs (C(OH)–C–C–N with tert-alkyl or cyclic N) is 1. The first kappa shape index (κ1) is 19.6. The van der Waals surface area contributed by atoms with Crippen LogP contribution in [0.15, 0.2) is 48.5 Å². The highest BCUT2D eigenvalue weighted by atomic mass is 16.5. The van der Waals surface area contributed by atoms with E-state index in [9.17, 15) is 14.7 Å². The first-order valence-electron chi connectivity index (χ1n) is 10.5. The Balaban J connectivity index is 1.54. The molecule has 1 fully saturated rings. The van der Waals surface area contributed by atoms with Gasteiger partial charge in [0.25, 0.3) is 5.91 Å². The number of benzene rings is 2. The molecule has 7 nitrogen and oxygen atoms in total.